The van der Waals surface area contributed by atoms with Crippen LogP contribution in [0.1, 0.15) is 22.4 Å². The van der Waals surface area contributed by atoms with Gasteiger partial charge >= 0.3 is 6.03 Å². The highest BCUT2D eigenvalue weighted by atomic mass is 35.5. The third kappa shape index (κ3) is 5.39. The summed E-state index contributed by atoms with van der Waals surface area (Å²) in [6, 6.07) is 16.9. The molecule has 0 spiro atoms. The minimum absolute atomic E-state index is 0.178. The molecule has 4 aromatic rings. The zero-order chi connectivity index (χ0) is 24.4. The van der Waals surface area contributed by atoms with Crippen molar-refractivity contribution in [2.45, 2.75) is 19.5 Å². The van der Waals surface area contributed by atoms with Crippen LogP contribution in [0.15, 0.2) is 66.9 Å². The van der Waals surface area contributed by atoms with Gasteiger partial charge in [0.25, 0.3) is 0 Å². The molecule has 0 bridgehead atoms. The third-order valence-corrected chi connectivity index (χ3v) is 6.87. The lowest BCUT2D eigenvalue weighted by Gasteiger charge is -2.27. The number of carbonyl (C=O) groups excluding carboxylic acids is 1. The number of nitrogens with zero attached hydrogens (tertiary/aromatic N) is 3. The van der Waals surface area contributed by atoms with E-state index in [2.05, 4.69) is 27.4 Å². The summed E-state index contributed by atoms with van der Waals surface area (Å²) >= 11 is 18.3. The van der Waals surface area contributed by atoms with Gasteiger partial charge in [0.2, 0.25) is 0 Å². The van der Waals surface area contributed by atoms with E-state index in [1.54, 1.807) is 16.8 Å². The van der Waals surface area contributed by atoms with E-state index < -0.39 is 0 Å². The quantitative estimate of drug-likeness (QED) is 0.291. The standard InChI is InChI=1S/C27H23Cl3N4O/c28-20-5-3-18(4-6-20)2-1-12-33-13-10-24-23(17-33)22-8-7-21(29)15-25(22)34(24)27(35)32-16-19-9-11-31-26(30)14-19/h1-9,11,14-15H,10,12-13,16-17H2,(H,32,35). The Morgan fingerprint density at radius 2 is 1.83 bits per heavy atom. The molecule has 1 amide bonds. The van der Waals surface area contributed by atoms with Gasteiger partial charge < -0.3 is 5.32 Å². The van der Waals surface area contributed by atoms with Crippen molar-refractivity contribution in [3.05, 3.63) is 104 Å². The summed E-state index contributed by atoms with van der Waals surface area (Å²) in [5, 5.41) is 5.81. The fourth-order valence-corrected chi connectivity index (χ4v) is 4.98. The Hall–Kier alpha value is -2.83. The lowest BCUT2D eigenvalue weighted by molar-refractivity contribution is 0.240. The molecule has 1 aliphatic rings. The Labute approximate surface area is 218 Å². The molecule has 0 atom stereocenters. The first kappa shape index (κ1) is 23.9. The van der Waals surface area contributed by atoms with Gasteiger partial charge in [0, 0.05) is 59.9 Å². The summed E-state index contributed by atoms with van der Waals surface area (Å²) in [5.41, 5.74) is 5.03. The Morgan fingerprint density at radius 3 is 2.63 bits per heavy atom. The molecule has 2 aromatic carbocycles. The van der Waals surface area contributed by atoms with Crippen LogP contribution >= 0.6 is 34.8 Å². The van der Waals surface area contributed by atoms with E-state index in [0.717, 1.165) is 58.8 Å². The summed E-state index contributed by atoms with van der Waals surface area (Å²) in [5.74, 6) is 0. The van der Waals surface area contributed by atoms with Gasteiger partial charge in [0.1, 0.15) is 5.15 Å². The number of hydrogen-bond donors (Lipinski definition) is 1. The van der Waals surface area contributed by atoms with Crippen LogP contribution in [0.2, 0.25) is 15.2 Å². The van der Waals surface area contributed by atoms with E-state index in [-0.39, 0.29) is 6.03 Å². The summed E-state index contributed by atoms with van der Waals surface area (Å²) < 4.78 is 1.78. The minimum Gasteiger partial charge on any atom is -0.333 e. The number of amides is 1. The molecule has 0 radical (unpaired) electrons. The van der Waals surface area contributed by atoms with E-state index >= 15 is 0 Å². The average molecular weight is 526 g/mol. The normalized spacial score (nSPS) is 13.9. The van der Waals surface area contributed by atoms with E-state index in [4.69, 9.17) is 34.8 Å². The second kappa shape index (κ2) is 10.4. The predicted octanol–water partition coefficient (Wildman–Crippen LogP) is 6.83. The van der Waals surface area contributed by atoms with Gasteiger partial charge in [-0.2, -0.15) is 0 Å². The number of aromatic nitrogens is 2. The maximum atomic E-state index is 13.3. The smallest absolute Gasteiger partial charge is 0.326 e. The molecule has 0 unspecified atom stereocenters. The van der Waals surface area contributed by atoms with Gasteiger partial charge in [0.05, 0.1) is 5.52 Å². The van der Waals surface area contributed by atoms with Crippen molar-refractivity contribution < 1.29 is 4.79 Å². The van der Waals surface area contributed by atoms with Crippen molar-refractivity contribution in [3.63, 3.8) is 0 Å². The number of benzene rings is 2. The molecule has 0 fully saturated rings. The summed E-state index contributed by atoms with van der Waals surface area (Å²) in [6.07, 6.45) is 6.67. The van der Waals surface area contributed by atoms with Crippen LogP contribution < -0.4 is 5.32 Å². The third-order valence-electron chi connectivity index (χ3n) is 6.17. The SMILES string of the molecule is O=C(NCc1ccnc(Cl)c1)n1c2c(c3ccc(Cl)cc31)CN(CC=Cc1ccc(Cl)cc1)CC2. The van der Waals surface area contributed by atoms with Gasteiger partial charge in [-0.1, -0.05) is 65.2 Å². The highest BCUT2D eigenvalue weighted by Crippen LogP contribution is 2.32. The number of hydrogen-bond acceptors (Lipinski definition) is 3. The zero-order valence-corrected chi connectivity index (χ0v) is 21.1. The molecule has 2 aromatic heterocycles. The second-order valence-electron chi connectivity index (χ2n) is 8.51. The fraction of sp³-hybridized carbons (Fsp3) is 0.185. The van der Waals surface area contributed by atoms with Crippen molar-refractivity contribution in [2.24, 2.45) is 0 Å². The van der Waals surface area contributed by atoms with Gasteiger partial charge in [0.15, 0.2) is 0 Å². The Morgan fingerprint density at radius 1 is 1.03 bits per heavy atom. The molecule has 1 N–H and O–H groups in total. The predicted molar refractivity (Wildman–Crippen MR) is 143 cm³/mol. The fourth-order valence-electron chi connectivity index (χ4n) is 4.50. The molecule has 0 aliphatic carbocycles. The van der Waals surface area contributed by atoms with E-state index in [1.807, 2.05) is 48.5 Å². The average Bonchev–Trinajstić information content (AvgIpc) is 3.16. The molecular formula is C27H23Cl3N4O. The van der Waals surface area contributed by atoms with E-state index in [0.29, 0.717) is 16.7 Å². The Kier molecular flexibility index (Phi) is 7.12. The molecule has 178 valence electrons. The van der Waals surface area contributed by atoms with Crippen LogP contribution in [0.5, 0.6) is 0 Å². The highest BCUT2D eigenvalue weighted by Gasteiger charge is 2.26. The van der Waals surface area contributed by atoms with Crippen LogP contribution in [-0.4, -0.2) is 33.6 Å². The first-order chi connectivity index (χ1) is 17.0. The minimum atomic E-state index is -0.178. The van der Waals surface area contributed by atoms with E-state index in [9.17, 15) is 4.79 Å². The number of carbonyl (C=O) groups is 1. The molecule has 5 nitrogen and oxygen atoms in total. The molecule has 5 rings (SSSR count). The Bertz CT molecular complexity index is 1410. The number of nitrogens with one attached hydrogen (secondary N) is 1. The van der Waals surface area contributed by atoms with Crippen molar-refractivity contribution in [1.29, 1.82) is 0 Å². The first-order valence-corrected chi connectivity index (χ1v) is 12.5. The lowest BCUT2D eigenvalue weighted by atomic mass is 10.0. The number of pyridine rings is 1. The molecule has 0 saturated carbocycles. The van der Waals surface area contributed by atoms with Crippen LogP contribution in [0, 0.1) is 0 Å². The van der Waals surface area contributed by atoms with Crippen molar-refractivity contribution in [2.75, 3.05) is 13.1 Å². The maximum absolute atomic E-state index is 13.3. The number of fused-ring (bicyclic) bond motifs is 3. The summed E-state index contributed by atoms with van der Waals surface area (Å²) in [7, 11) is 0. The number of rotatable bonds is 5. The summed E-state index contributed by atoms with van der Waals surface area (Å²) in [4.78, 5) is 19.7. The van der Waals surface area contributed by atoms with Gasteiger partial charge in [-0.3, -0.25) is 9.47 Å². The van der Waals surface area contributed by atoms with Gasteiger partial charge in [-0.25, -0.2) is 9.78 Å². The monoisotopic (exact) mass is 524 g/mol. The van der Waals surface area contributed by atoms with Crippen molar-refractivity contribution in [3.8, 4) is 0 Å². The molecule has 35 heavy (non-hydrogen) atoms. The van der Waals surface area contributed by atoms with Gasteiger partial charge in [-0.05, 0) is 53.1 Å². The van der Waals surface area contributed by atoms with E-state index in [1.165, 1.54) is 5.56 Å². The van der Waals surface area contributed by atoms with Gasteiger partial charge in [-0.15, -0.1) is 0 Å². The van der Waals surface area contributed by atoms with Crippen LogP contribution in [0.4, 0.5) is 4.79 Å². The van der Waals surface area contributed by atoms with Crippen LogP contribution in [0.25, 0.3) is 17.0 Å². The van der Waals surface area contributed by atoms with Crippen LogP contribution in [-0.2, 0) is 19.5 Å². The Balaban J connectivity index is 1.37. The summed E-state index contributed by atoms with van der Waals surface area (Å²) in [6.45, 7) is 2.79. The molecule has 3 heterocycles. The molecule has 8 heteroatoms. The lowest BCUT2D eigenvalue weighted by Crippen LogP contribution is -2.34. The molecule has 1 aliphatic heterocycles. The second-order valence-corrected chi connectivity index (χ2v) is 9.77. The van der Waals surface area contributed by atoms with Crippen LogP contribution in [0.3, 0.4) is 0 Å². The van der Waals surface area contributed by atoms with Crippen molar-refractivity contribution >= 4 is 57.8 Å². The van der Waals surface area contributed by atoms with Crippen molar-refractivity contribution in [1.82, 2.24) is 19.8 Å². The first-order valence-electron chi connectivity index (χ1n) is 11.3. The maximum Gasteiger partial charge on any atom is 0.326 e. The topological polar surface area (TPSA) is 50.2 Å². The molecule has 0 saturated heterocycles. The largest absolute Gasteiger partial charge is 0.333 e. The zero-order valence-electron chi connectivity index (χ0n) is 18.8. The highest BCUT2D eigenvalue weighted by molar-refractivity contribution is 6.31. The molecular weight excluding hydrogens is 503 g/mol. The number of halogens is 3.